The zero-order valence-electron chi connectivity index (χ0n) is 12.1. The normalized spacial score (nSPS) is 28.4. The smallest absolute Gasteiger partial charge is 0.408 e. The molecule has 0 radical (unpaired) electrons. The van der Waals surface area contributed by atoms with Gasteiger partial charge in [-0.1, -0.05) is 37.1 Å². The van der Waals surface area contributed by atoms with E-state index in [1.165, 1.54) is 17.5 Å². The van der Waals surface area contributed by atoms with Crippen molar-refractivity contribution in [1.82, 2.24) is 4.90 Å². The summed E-state index contributed by atoms with van der Waals surface area (Å²) in [6, 6.07) is 8.48. The van der Waals surface area contributed by atoms with Crippen LogP contribution in [0.2, 0.25) is 0 Å². The minimum absolute atomic E-state index is 0.270. The van der Waals surface area contributed by atoms with E-state index >= 15 is 0 Å². The summed E-state index contributed by atoms with van der Waals surface area (Å²) in [5.74, 6) is 0.488. The first-order valence-electron chi connectivity index (χ1n) is 7.79. The topological polar surface area (TPSA) is 40.5 Å². The average molecular weight is 273 g/mol. The largest absolute Gasteiger partial charge is 0.465 e. The molecule has 1 N–H and O–H groups in total. The molecule has 2 unspecified atom stereocenters. The van der Waals surface area contributed by atoms with E-state index in [4.69, 9.17) is 0 Å². The van der Waals surface area contributed by atoms with Crippen molar-refractivity contribution in [3.8, 4) is 0 Å². The molecule has 0 bridgehead atoms. The molecule has 0 heterocycles. The fourth-order valence-electron chi connectivity index (χ4n) is 4.55. The lowest BCUT2D eigenvalue weighted by Crippen LogP contribution is -2.56. The van der Waals surface area contributed by atoms with Crippen LogP contribution >= 0.6 is 0 Å². The Kier molecular flexibility index (Phi) is 3.45. The first-order chi connectivity index (χ1) is 9.70. The van der Waals surface area contributed by atoms with Gasteiger partial charge in [0.25, 0.3) is 0 Å². The maximum atomic E-state index is 11.8. The lowest BCUT2D eigenvalue weighted by molar-refractivity contribution is -0.00231. The van der Waals surface area contributed by atoms with Crippen molar-refractivity contribution in [1.29, 1.82) is 0 Å². The Hall–Kier alpha value is -1.51. The van der Waals surface area contributed by atoms with Gasteiger partial charge in [-0.05, 0) is 49.7 Å². The molecular weight excluding hydrogens is 250 g/mol. The van der Waals surface area contributed by atoms with E-state index in [1.54, 1.807) is 4.90 Å². The maximum absolute atomic E-state index is 11.8. The van der Waals surface area contributed by atoms with Crippen LogP contribution in [0.4, 0.5) is 4.79 Å². The van der Waals surface area contributed by atoms with Crippen molar-refractivity contribution in [2.24, 2.45) is 5.92 Å². The molecule has 1 aromatic rings. The van der Waals surface area contributed by atoms with Crippen LogP contribution in [0.25, 0.3) is 0 Å². The lowest BCUT2D eigenvalue weighted by Gasteiger charge is -2.53. The van der Waals surface area contributed by atoms with E-state index < -0.39 is 6.09 Å². The van der Waals surface area contributed by atoms with Gasteiger partial charge >= 0.3 is 6.09 Å². The molecule has 0 aromatic heterocycles. The quantitative estimate of drug-likeness (QED) is 0.884. The molecule has 1 amide bonds. The highest BCUT2D eigenvalue weighted by Crippen LogP contribution is 2.52. The first-order valence-corrected chi connectivity index (χ1v) is 7.79. The maximum Gasteiger partial charge on any atom is 0.408 e. The van der Waals surface area contributed by atoms with Gasteiger partial charge in [-0.3, -0.25) is 4.90 Å². The molecule has 3 nitrogen and oxygen atoms in total. The van der Waals surface area contributed by atoms with Crippen molar-refractivity contribution in [3.05, 3.63) is 35.4 Å². The van der Waals surface area contributed by atoms with Crippen LogP contribution in [0, 0.1) is 5.92 Å². The van der Waals surface area contributed by atoms with Gasteiger partial charge < -0.3 is 5.11 Å². The van der Waals surface area contributed by atoms with Gasteiger partial charge in [-0.15, -0.1) is 0 Å². The van der Waals surface area contributed by atoms with Gasteiger partial charge in [-0.25, -0.2) is 4.79 Å². The molecule has 0 saturated heterocycles. The van der Waals surface area contributed by atoms with Crippen LogP contribution in [0.5, 0.6) is 0 Å². The van der Waals surface area contributed by atoms with Crippen LogP contribution in [0.3, 0.4) is 0 Å². The second kappa shape index (κ2) is 5.12. The van der Waals surface area contributed by atoms with Crippen molar-refractivity contribution < 1.29 is 9.90 Å². The molecule has 1 fully saturated rings. The van der Waals surface area contributed by atoms with E-state index in [-0.39, 0.29) is 5.54 Å². The molecule has 1 saturated carbocycles. The Balaban J connectivity index is 2.17. The Bertz CT molecular complexity index is 513. The van der Waals surface area contributed by atoms with E-state index in [1.807, 2.05) is 6.92 Å². The third-order valence-corrected chi connectivity index (χ3v) is 5.31. The summed E-state index contributed by atoms with van der Waals surface area (Å²) >= 11 is 0. The molecule has 3 heteroatoms. The van der Waals surface area contributed by atoms with Crippen molar-refractivity contribution in [3.63, 3.8) is 0 Å². The number of rotatable bonds is 2. The number of fused-ring (bicyclic) bond motifs is 3. The number of amides is 1. The molecule has 2 aliphatic carbocycles. The summed E-state index contributed by atoms with van der Waals surface area (Å²) in [7, 11) is 0. The number of aryl methyl sites for hydroxylation is 1. The summed E-state index contributed by atoms with van der Waals surface area (Å²) in [6.45, 7) is 2.53. The fourth-order valence-corrected chi connectivity index (χ4v) is 4.55. The Morgan fingerprint density at radius 1 is 1.35 bits per heavy atom. The molecule has 0 spiro atoms. The third kappa shape index (κ3) is 1.83. The van der Waals surface area contributed by atoms with E-state index in [0.717, 1.165) is 32.1 Å². The summed E-state index contributed by atoms with van der Waals surface area (Å²) < 4.78 is 0. The van der Waals surface area contributed by atoms with E-state index in [9.17, 15) is 9.90 Å². The van der Waals surface area contributed by atoms with Crippen LogP contribution < -0.4 is 0 Å². The predicted octanol–water partition coefficient (Wildman–Crippen LogP) is 4.02. The number of nitrogens with zero attached hydrogens (tertiary/aromatic N) is 1. The average Bonchev–Trinajstić information content (AvgIpc) is 2.47. The number of benzene rings is 1. The highest BCUT2D eigenvalue weighted by molar-refractivity contribution is 5.67. The van der Waals surface area contributed by atoms with Crippen LogP contribution in [-0.2, 0) is 12.0 Å². The molecule has 1 aromatic carbocycles. The second-order valence-electron chi connectivity index (χ2n) is 6.09. The second-order valence-corrected chi connectivity index (χ2v) is 6.09. The summed E-state index contributed by atoms with van der Waals surface area (Å²) in [5.41, 5.74) is 2.36. The van der Waals surface area contributed by atoms with Gasteiger partial charge in [0.05, 0.1) is 5.54 Å². The molecular formula is C17H23NO2. The van der Waals surface area contributed by atoms with E-state index in [2.05, 4.69) is 24.3 Å². The minimum atomic E-state index is -0.767. The van der Waals surface area contributed by atoms with Crippen molar-refractivity contribution in [2.45, 2.75) is 51.0 Å². The van der Waals surface area contributed by atoms with Crippen LogP contribution in [-0.4, -0.2) is 22.6 Å². The van der Waals surface area contributed by atoms with Crippen LogP contribution in [0.15, 0.2) is 24.3 Å². The zero-order valence-corrected chi connectivity index (χ0v) is 12.1. The van der Waals surface area contributed by atoms with Crippen molar-refractivity contribution >= 4 is 6.09 Å². The monoisotopic (exact) mass is 273 g/mol. The third-order valence-electron chi connectivity index (χ3n) is 5.31. The van der Waals surface area contributed by atoms with E-state index in [0.29, 0.717) is 12.5 Å². The van der Waals surface area contributed by atoms with Gasteiger partial charge in [0, 0.05) is 6.54 Å². The van der Waals surface area contributed by atoms with Gasteiger partial charge in [0.2, 0.25) is 0 Å². The summed E-state index contributed by atoms with van der Waals surface area (Å²) in [5, 5.41) is 9.71. The highest BCUT2D eigenvalue weighted by atomic mass is 16.4. The molecule has 108 valence electrons. The Morgan fingerprint density at radius 3 is 2.90 bits per heavy atom. The molecule has 2 aliphatic rings. The van der Waals surface area contributed by atoms with Crippen molar-refractivity contribution in [2.75, 3.05) is 6.54 Å². The predicted molar refractivity (Wildman–Crippen MR) is 78.8 cm³/mol. The fraction of sp³-hybridized carbons (Fsp3) is 0.588. The zero-order chi connectivity index (χ0) is 14.2. The summed E-state index contributed by atoms with van der Waals surface area (Å²) in [4.78, 5) is 13.5. The number of hydrogen-bond acceptors (Lipinski definition) is 1. The summed E-state index contributed by atoms with van der Waals surface area (Å²) in [6.07, 6.45) is 5.98. The lowest BCUT2D eigenvalue weighted by atomic mass is 9.61. The molecule has 3 rings (SSSR count). The number of carbonyl (C=O) groups is 1. The SMILES string of the molecule is CCN(C(=O)O)C12CCCCC1CCc1ccccc12. The molecule has 20 heavy (non-hydrogen) atoms. The highest BCUT2D eigenvalue weighted by Gasteiger charge is 2.50. The Labute approximate surface area is 120 Å². The molecule has 0 aliphatic heterocycles. The van der Waals surface area contributed by atoms with Gasteiger partial charge in [-0.2, -0.15) is 0 Å². The minimum Gasteiger partial charge on any atom is -0.465 e. The molecule has 2 atom stereocenters. The van der Waals surface area contributed by atoms with Gasteiger partial charge in [0.1, 0.15) is 0 Å². The number of carboxylic acid groups (broad SMARTS) is 1. The first kappa shape index (κ1) is 13.5. The number of hydrogen-bond donors (Lipinski definition) is 1. The van der Waals surface area contributed by atoms with Crippen LogP contribution in [0.1, 0.15) is 50.2 Å². The Morgan fingerprint density at radius 2 is 2.15 bits per heavy atom. The standard InChI is InChI=1S/C17H23NO2/c1-2-18(16(19)20)17-12-6-5-8-14(17)11-10-13-7-3-4-9-15(13)17/h3-4,7,9,14H,2,5-6,8,10-12H2,1H3,(H,19,20). The van der Waals surface area contributed by atoms with Gasteiger partial charge in [0.15, 0.2) is 0 Å².